The highest BCUT2D eigenvalue weighted by Crippen LogP contribution is 2.23. The van der Waals surface area contributed by atoms with Gasteiger partial charge in [0, 0.05) is 12.6 Å². The van der Waals surface area contributed by atoms with Crippen molar-refractivity contribution >= 4 is 21.7 Å². The van der Waals surface area contributed by atoms with Crippen LogP contribution >= 0.6 is 0 Å². The molecule has 1 aromatic rings. The fourth-order valence-corrected chi connectivity index (χ4v) is 2.53. The fourth-order valence-electron chi connectivity index (χ4n) is 1.42. The van der Waals surface area contributed by atoms with Crippen LogP contribution in [0.25, 0.3) is 0 Å². The molecule has 0 saturated heterocycles. The summed E-state index contributed by atoms with van der Waals surface area (Å²) in [5.74, 6) is -1.09. The monoisotopic (exact) mass is 302 g/mol. The number of carboxylic acids is 1. The van der Waals surface area contributed by atoms with Crippen LogP contribution in [0.1, 0.15) is 26.7 Å². The van der Waals surface area contributed by atoms with E-state index in [4.69, 9.17) is 9.84 Å². The van der Waals surface area contributed by atoms with E-state index in [0.717, 1.165) is 0 Å². The minimum absolute atomic E-state index is 0.0469. The van der Waals surface area contributed by atoms with Crippen molar-refractivity contribution in [1.29, 1.82) is 0 Å². The van der Waals surface area contributed by atoms with Gasteiger partial charge in [0.15, 0.2) is 0 Å². The second-order valence-electron chi connectivity index (χ2n) is 4.44. The smallest absolute Gasteiger partial charge is 0.303 e. The molecule has 0 unspecified atom stereocenters. The largest absolute Gasteiger partial charge is 0.481 e. The molecule has 2 N–H and O–H groups in total. The molecule has 0 aliphatic heterocycles. The first-order chi connectivity index (χ1) is 9.30. The average Bonchev–Trinajstić information content (AvgIpc) is 2.29. The van der Waals surface area contributed by atoms with E-state index in [1.807, 2.05) is 0 Å². The molecule has 0 radical (unpaired) electrons. The van der Waals surface area contributed by atoms with Crippen LogP contribution in [0.3, 0.4) is 0 Å². The number of hydrogen-bond acceptors (Lipinski definition) is 5. The van der Waals surface area contributed by atoms with Crippen molar-refractivity contribution in [1.82, 2.24) is 4.98 Å². The van der Waals surface area contributed by atoms with E-state index in [1.54, 1.807) is 26.0 Å². The van der Waals surface area contributed by atoms with Gasteiger partial charge in [0.05, 0.1) is 11.9 Å². The first kappa shape index (κ1) is 16.2. The zero-order valence-corrected chi connectivity index (χ0v) is 12.2. The normalized spacial score (nSPS) is 11.3. The molecule has 112 valence electrons. The number of ether oxygens (including phenoxy) is 1. The van der Waals surface area contributed by atoms with Crippen molar-refractivity contribution in [2.75, 3.05) is 10.5 Å². The molecule has 0 fully saturated rings. The number of rotatable bonds is 8. The first-order valence-electron chi connectivity index (χ1n) is 6.14. The van der Waals surface area contributed by atoms with Gasteiger partial charge < -0.3 is 9.84 Å². The van der Waals surface area contributed by atoms with Crippen LogP contribution in [0.5, 0.6) is 5.88 Å². The number of hydrogen-bond donors (Lipinski definition) is 2. The summed E-state index contributed by atoms with van der Waals surface area (Å²) in [5, 5.41) is 8.50. The molecule has 1 heterocycles. The number of nitrogens with one attached hydrogen (secondary N) is 1. The van der Waals surface area contributed by atoms with Gasteiger partial charge in [-0.3, -0.25) is 9.52 Å². The first-order valence-corrected chi connectivity index (χ1v) is 7.79. The van der Waals surface area contributed by atoms with E-state index < -0.39 is 16.0 Å². The van der Waals surface area contributed by atoms with Crippen LogP contribution in [0, 0.1) is 0 Å². The Kier molecular flexibility index (Phi) is 5.75. The van der Waals surface area contributed by atoms with Gasteiger partial charge in [0.1, 0.15) is 5.69 Å². The van der Waals surface area contributed by atoms with Crippen molar-refractivity contribution in [2.24, 2.45) is 0 Å². The lowest BCUT2D eigenvalue weighted by Gasteiger charge is -2.14. The number of nitrogens with zero attached hydrogens (tertiary/aromatic N) is 1. The van der Waals surface area contributed by atoms with Crippen molar-refractivity contribution < 1.29 is 23.1 Å². The van der Waals surface area contributed by atoms with Gasteiger partial charge in [0.25, 0.3) is 0 Å². The maximum absolute atomic E-state index is 11.8. The number of anilines is 1. The molecular formula is C12H18N2O5S. The number of carboxylic acid groups (broad SMARTS) is 1. The summed E-state index contributed by atoms with van der Waals surface area (Å²) >= 11 is 0. The highest BCUT2D eigenvalue weighted by molar-refractivity contribution is 7.92. The summed E-state index contributed by atoms with van der Waals surface area (Å²) in [6.07, 6.45) is 1.22. The molecule has 0 aliphatic rings. The molecule has 1 aromatic heterocycles. The van der Waals surface area contributed by atoms with Crippen LogP contribution in [-0.2, 0) is 14.8 Å². The van der Waals surface area contributed by atoms with E-state index >= 15 is 0 Å². The molecule has 8 heteroatoms. The molecule has 1 rings (SSSR count). The lowest BCUT2D eigenvalue weighted by atomic mass is 10.3. The van der Waals surface area contributed by atoms with Gasteiger partial charge in [-0.1, -0.05) is 0 Å². The summed E-state index contributed by atoms with van der Waals surface area (Å²) in [4.78, 5) is 14.3. The third-order valence-corrected chi connectivity index (χ3v) is 3.54. The predicted octanol–water partition coefficient (Wildman–Crippen LogP) is 1.48. The van der Waals surface area contributed by atoms with Crippen molar-refractivity contribution in [2.45, 2.75) is 32.8 Å². The second kappa shape index (κ2) is 7.09. The number of aliphatic carboxylic acids is 1. The van der Waals surface area contributed by atoms with Crippen LogP contribution in [0.4, 0.5) is 5.69 Å². The molecule has 7 nitrogen and oxygen atoms in total. The Labute approximate surface area is 118 Å². The minimum Gasteiger partial charge on any atom is -0.481 e. The summed E-state index contributed by atoms with van der Waals surface area (Å²) in [6, 6.07) is 3.13. The Morgan fingerprint density at radius 3 is 2.80 bits per heavy atom. The van der Waals surface area contributed by atoms with Crippen LogP contribution in [0.15, 0.2) is 18.3 Å². The van der Waals surface area contributed by atoms with Gasteiger partial charge in [-0.25, -0.2) is 13.4 Å². The van der Waals surface area contributed by atoms with E-state index in [-0.39, 0.29) is 36.3 Å². The molecule has 0 bridgehead atoms. The topological polar surface area (TPSA) is 106 Å². The Hall–Kier alpha value is -1.83. The lowest BCUT2D eigenvalue weighted by molar-refractivity contribution is -0.137. The number of aromatic nitrogens is 1. The van der Waals surface area contributed by atoms with Crippen LogP contribution < -0.4 is 9.46 Å². The SMILES string of the molecule is CC(C)Oc1ncccc1NS(=O)(=O)CCCC(=O)O. The number of carbonyl (C=O) groups is 1. The second-order valence-corrected chi connectivity index (χ2v) is 6.28. The fraction of sp³-hybridized carbons (Fsp3) is 0.500. The molecular weight excluding hydrogens is 284 g/mol. The Bertz CT molecular complexity index is 557. The maximum atomic E-state index is 11.8. The highest BCUT2D eigenvalue weighted by Gasteiger charge is 2.15. The Morgan fingerprint density at radius 2 is 2.20 bits per heavy atom. The zero-order valence-electron chi connectivity index (χ0n) is 11.4. The average molecular weight is 302 g/mol. The zero-order chi connectivity index (χ0) is 15.2. The van der Waals surface area contributed by atoms with Crippen molar-refractivity contribution in [3.05, 3.63) is 18.3 Å². The van der Waals surface area contributed by atoms with Gasteiger partial charge in [-0.15, -0.1) is 0 Å². The van der Waals surface area contributed by atoms with Gasteiger partial charge >= 0.3 is 5.97 Å². The van der Waals surface area contributed by atoms with Crippen molar-refractivity contribution in [3.63, 3.8) is 0 Å². The van der Waals surface area contributed by atoms with Crippen LogP contribution in [0.2, 0.25) is 0 Å². The Balaban J connectivity index is 2.74. The molecule has 0 spiro atoms. The summed E-state index contributed by atoms with van der Waals surface area (Å²) < 4.78 is 31.4. The molecule has 0 atom stereocenters. The van der Waals surface area contributed by atoms with Gasteiger partial charge in [0.2, 0.25) is 15.9 Å². The van der Waals surface area contributed by atoms with Gasteiger partial charge in [-0.05, 0) is 32.4 Å². The van der Waals surface area contributed by atoms with E-state index in [0.29, 0.717) is 0 Å². The van der Waals surface area contributed by atoms with Crippen molar-refractivity contribution in [3.8, 4) is 5.88 Å². The number of sulfonamides is 1. The molecule has 0 aliphatic carbocycles. The lowest BCUT2D eigenvalue weighted by Crippen LogP contribution is -2.19. The van der Waals surface area contributed by atoms with E-state index in [9.17, 15) is 13.2 Å². The molecule has 0 saturated carbocycles. The minimum atomic E-state index is -3.62. The Morgan fingerprint density at radius 1 is 1.50 bits per heavy atom. The maximum Gasteiger partial charge on any atom is 0.303 e. The number of pyridine rings is 1. The van der Waals surface area contributed by atoms with E-state index in [2.05, 4.69) is 9.71 Å². The highest BCUT2D eigenvalue weighted by atomic mass is 32.2. The predicted molar refractivity (Wildman–Crippen MR) is 74.3 cm³/mol. The van der Waals surface area contributed by atoms with E-state index in [1.165, 1.54) is 6.20 Å². The third kappa shape index (κ3) is 5.87. The molecule has 0 amide bonds. The quantitative estimate of drug-likeness (QED) is 0.753. The molecule has 20 heavy (non-hydrogen) atoms. The van der Waals surface area contributed by atoms with Crippen LogP contribution in [-0.4, -0.2) is 36.3 Å². The summed E-state index contributed by atoms with van der Waals surface area (Å²) in [6.45, 7) is 3.61. The molecule has 0 aromatic carbocycles. The van der Waals surface area contributed by atoms with Gasteiger partial charge in [-0.2, -0.15) is 0 Å². The standard InChI is InChI=1S/C12H18N2O5S/c1-9(2)19-12-10(5-3-7-13-12)14-20(17,18)8-4-6-11(15)16/h3,5,7,9,14H,4,6,8H2,1-2H3,(H,15,16). The summed E-state index contributed by atoms with van der Waals surface area (Å²) in [7, 11) is -3.62. The third-order valence-electron chi connectivity index (χ3n) is 2.19. The summed E-state index contributed by atoms with van der Waals surface area (Å²) in [5.41, 5.74) is 0.247.